The maximum atomic E-state index is 11.3. The Bertz CT molecular complexity index is 184. The molecule has 1 heterocycles. The molecule has 2 atom stereocenters. The Morgan fingerprint density at radius 1 is 1.77 bits per heavy atom. The molecule has 1 saturated heterocycles. The molecule has 0 aromatic rings. The van der Waals surface area contributed by atoms with Crippen LogP contribution in [0.5, 0.6) is 0 Å². The maximum Gasteiger partial charge on any atom is 0.246 e. The molecular weight excluding hydrogens is 170 g/mol. The number of aliphatic hydroxyl groups is 1. The molecule has 0 aromatic heterocycles. The lowest BCUT2D eigenvalue weighted by Crippen LogP contribution is -2.48. The average molecular weight is 187 g/mol. The molecule has 0 aromatic carbocycles. The number of piperidine rings is 1. The van der Waals surface area contributed by atoms with Crippen molar-refractivity contribution in [3.63, 3.8) is 0 Å². The molecule has 1 N–H and O–H groups in total. The first-order valence-corrected chi connectivity index (χ1v) is 4.75. The summed E-state index contributed by atoms with van der Waals surface area (Å²) in [6.07, 6.45) is 2.39. The molecule has 13 heavy (non-hydrogen) atoms. The van der Waals surface area contributed by atoms with Crippen molar-refractivity contribution in [2.45, 2.75) is 44.8 Å². The first kappa shape index (κ1) is 10.5. The van der Waals surface area contributed by atoms with E-state index >= 15 is 0 Å². The molecule has 1 amide bonds. The van der Waals surface area contributed by atoms with Crippen molar-refractivity contribution >= 4 is 5.91 Å². The van der Waals surface area contributed by atoms with Crippen molar-refractivity contribution in [2.75, 3.05) is 7.11 Å². The standard InChI is InChI=1S/C9H17NO3/c1-3-8(11)7-5-4-6-9(12)10(7)13-2/h7-8,11H,3-6H2,1-2H3/t7-,8+/m0/s1. The quantitative estimate of drug-likeness (QED) is 0.707. The summed E-state index contributed by atoms with van der Waals surface area (Å²) in [4.78, 5) is 16.3. The van der Waals surface area contributed by atoms with Gasteiger partial charge < -0.3 is 5.11 Å². The molecule has 0 aliphatic carbocycles. The van der Waals surface area contributed by atoms with Gasteiger partial charge in [-0.15, -0.1) is 0 Å². The van der Waals surface area contributed by atoms with Gasteiger partial charge in [0.05, 0.1) is 19.3 Å². The van der Waals surface area contributed by atoms with E-state index in [1.165, 1.54) is 12.2 Å². The maximum absolute atomic E-state index is 11.3. The largest absolute Gasteiger partial charge is 0.391 e. The highest BCUT2D eigenvalue weighted by Gasteiger charge is 2.32. The fourth-order valence-corrected chi connectivity index (χ4v) is 1.73. The molecule has 76 valence electrons. The number of rotatable bonds is 3. The van der Waals surface area contributed by atoms with Crippen LogP contribution < -0.4 is 0 Å². The Kier molecular flexibility index (Phi) is 3.69. The molecule has 0 saturated carbocycles. The SMILES string of the molecule is CC[C@@H](O)[C@@H]1CCCC(=O)N1OC. The number of carbonyl (C=O) groups is 1. The average Bonchev–Trinajstić information content (AvgIpc) is 2.16. The molecule has 1 aliphatic rings. The van der Waals surface area contributed by atoms with Crippen LogP contribution >= 0.6 is 0 Å². The molecule has 1 fully saturated rings. The Balaban J connectivity index is 2.64. The third kappa shape index (κ3) is 2.19. The summed E-state index contributed by atoms with van der Waals surface area (Å²) >= 11 is 0. The van der Waals surface area contributed by atoms with Crippen LogP contribution in [0.4, 0.5) is 0 Å². The van der Waals surface area contributed by atoms with Gasteiger partial charge in [0.25, 0.3) is 0 Å². The minimum absolute atomic E-state index is 0.0220. The van der Waals surface area contributed by atoms with Crippen molar-refractivity contribution in [1.29, 1.82) is 0 Å². The number of hydroxylamine groups is 2. The Morgan fingerprint density at radius 2 is 2.46 bits per heavy atom. The minimum Gasteiger partial charge on any atom is -0.391 e. The summed E-state index contributed by atoms with van der Waals surface area (Å²) in [5, 5.41) is 10.9. The predicted octanol–water partition coefficient (Wildman–Crippen LogP) is 0.700. The smallest absolute Gasteiger partial charge is 0.246 e. The minimum atomic E-state index is -0.468. The summed E-state index contributed by atoms with van der Waals surface area (Å²) in [6.45, 7) is 1.90. The van der Waals surface area contributed by atoms with Crippen LogP contribution in [0.1, 0.15) is 32.6 Å². The predicted molar refractivity (Wildman–Crippen MR) is 47.8 cm³/mol. The second-order valence-electron chi connectivity index (χ2n) is 3.34. The molecule has 4 nitrogen and oxygen atoms in total. The molecule has 0 bridgehead atoms. The van der Waals surface area contributed by atoms with E-state index in [0.29, 0.717) is 12.8 Å². The Labute approximate surface area is 78.4 Å². The zero-order valence-electron chi connectivity index (χ0n) is 8.19. The highest BCUT2D eigenvalue weighted by Crippen LogP contribution is 2.21. The highest BCUT2D eigenvalue weighted by molar-refractivity contribution is 5.76. The van der Waals surface area contributed by atoms with E-state index < -0.39 is 6.10 Å². The van der Waals surface area contributed by atoms with Gasteiger partial charge in [0.15, 0.2) is 0 Å². The van der Waals surface area contributed by atoms with Crippen molar-refractivity contribution in [3.8, 4) is 0 Å². The summed E-state index contributed by atoms with van der Waals surface area (Å²) in [5.74, 6) is -0.0220. The second kappa shape index (κ2) is 4.58. The zero-order valence-corrected chi connectivity index (χ0v) is 8.19. The third-order valence-corrected chi connectivity index (χ3v) is 2.50. The van der Waals surface area contributed by atoms with Gasteiger partial charge in [-0.3, -0.25) is 9.63 Å². The molecule has 1 aliphatic heterocycles. The topological polar surface area (TPSA) is 49.8 Å². The van der Waals surface area contributed by atoms with Crippen LogP contribution in [-0.4, -0.2) is 35.3 Å². The van der Waals surface area contributed by atoms with Crippen LogP contribution in [0.15, 0.2) is 0 Å². The number of aliphatic hydroxyl groups excluding tert-OH is 1. The lowest BCUT2D eigenvalue weighted by Gasteiger charge is -2.35. The third-order valence-electron chi connectivity index (χ3n) is 2.50. The number of hydrogen-bond donors (Lipinski definition) is 1. The Morgan fingerprint density at radius 3 is 3.00 bits per heavy atom. The number of carbonyl (C=O) groups excluding carboxylic acids is 1. The lowest BCUT2D eigenvalue weighted by atomic mass is 9.97. The van der Waals surface area contributed by atoms with E-state index in [-0.39, 0.29) is 11.9 Å². The van der Waals surface area contributed by atoms with Crippen molar-refractivity contribution in [1.82, 2.24) is 5.06 Å². The van der Waals surface area contributed by atoms with Crippen LogP contribution in [0.25, 0.3) is 0 Å². The second-order valence-corrected chi connectivity index (χ2v) is 3.34. The van der Waals surface area contributed by atoms with Gasteiger partial charge in [0.1, 0.15) is 0 Å². The van der Waals surface area contributed by atoms with E-state index in [4.69, 9.17) is 4.84 Å². The van der Waals surface area contributed by atoms with E-state index in [1.54, 1.807) is 0 Å². The summed E-state index contributed by atoms with van der Waals surface area (Å²) in [5.41, 5.74) is 0. The molecule has 0 spiro atoms. The Hall–Kier alpha value is -0.610. The summed E-state index contributed by atoms with van der Waals surface area (Å²) < 4.78 is 0. The number of hydrogen-bond acceptors (Lipinski definition) is 3. The van der Waals surface area contributed by atoms with Gasteiger partial charge in [-0.1, -0.05) is 6.92 Å². The van der Waals surface area contributed by atoms with Crippen LogP contribution in [0.2, 0.25) is 0 Å². The monoisotopic (exact) mass is 187 g/mol. The van der Waals surface area contributed by atoms with Gasteiger partial charge >= 0.3 is 0 Å². The molecule has 4 heteroatoms. The summed E-state index contributed by atoms with van der Waals surface area (Å²) in [6, 6.07) is -0.156. The fraction of sp³-hybridized carbons (Fsp3) is 0.889. The van der Waals surface area contributed by atoms with Crippen LogP contribution in [0, 0.1) is 0 Å². The zero-order chi connectivity index (χ0) is 9.84. The van der Waals surface area contributed by atoms with E-state index in [1.807, 2.05) is 6.92 Å². The highest BCUT2D eigenvalue weighted by atomic mass is 16.7. The van der Waals surface area contributed by atoms with Crippen molar-refractivity contribution < 1.29 is 14.7 Å². The van der Waals surface area contributed by atoms with Gasteiger partial charge in [-0.2, -0.15) is 0 Å². The van der Waals surface area contributed by atoms with E-state index in [0.717, 1.165) is 12.8 Å². The molecule has 1 rings (SSSR count). The first-order chi connectivity index (χ1) is 6.20. The summed E-state index contributed by atoms with van der Waals surface area (Å²) in [7, 11) is 1.47. The van der Waals surface area contributed by atoms with Crippen LogP contribution in [0.3, 0.4) is 0 Å². The van der Waals surface area contributed by atoms with Crippen LogP contribution in [-0.2, 0) is 9.63 Å². The van der Waals surface area contributed by atoms with Gasteiger partial charge in [-0.05, 0) is 19.3 Å². The number of amides is 1. The van der Waals surface area contributed by atoms with E-state index in [2.05, 4.69) is 0 Å². The molecule has 0 unspecified atom stereocenters. The van der Waals surface area contributed by atoms with Gasteiger partial charge in [-0.25, -0.2) is 5.06 Å². The van der Waals surface area contributed by atoms with Gasteiger partial charge in [0.2, 0.25) is 5.91 Å². The fourth-order valence-electron chi connectivity index (χ4n) is 1.73. The number of nitrogens with zero attached hydrogens (tertiary/aromatic N) is 1. The van der Waals surface area contributed by atoms with Crippen molar-refractivity contribution in [3.05, 3.63) is 0 Å². The lowest BCUT2D eigenvalue weighted by molar-refractivity contribution is -0.206. The van der Waals surface area contributed by atoms with Crippen molar-refractivity contribution in [2.24, 2.45) is 0 Å². The van der Waals surface area contributed by atoms with E-state index in [9.17, 15) is 9.90 Å². The normalized spacial score (nSPS) is 26.2. The molecule has 0 radical (unpaired) electrons. The first-order valence-electron chi connectivity index (χ1n) is 4.75. The molecular formula is C9H17NO3. The van der Waals surface area contributed by atoms with Gasteiger partial charge in [0, 0.05) is 6.42 Å².